The monoisotopic (exact) mass is 387 g/mol. The Kier molecular flexibility index (Phi) is 7.58. The Morgan fingerprint density at radius 1 is 1.44 bits per heavy atom. The maximum atomic E-state index is 11.7. The second-order valence-corrected chi connectivity index (χ2v) is 7.19. The lowest BCUT2D eigenvalue weighted by Crippen LogP contribution is -2.49. The second-order valence-electron chi connectivity index (χ2n) is 6.41. The van der Waals surface area contributed by atoms with Gasteiger partial charge in [-0.15, -0.1) is 12.4 Å². The molecule has 2 saturated heterocycles. The SMILES string of the molecule is CSc1nccc(N2CCC(N(CC3CCNC3)C(=O)O)CC2)n1.Cl. The highest BCUT2D eigenvalue weighted by Gasteiger charge is 2.30. The summed E-state index contributed by atoms with van der Waals surface area (Å²) in [5.74, 6) is 1.39. The van der Waals surface area contributed by atoms with Crippen molar-refractivity contribution in [3.63, 3.8) is 0 Å². The van der Waals surface area contributed by atoms with Crippen LogP contribution in [0, 0.1) is 5.92 Å². The first kappa shape index (κ1) is 20.1. The summed E-state index contributed by atoms with van der Waals surface area (Å²) >= 11 is 1.53. The van der Waals surface area contributed by atoms with E-state index in [9.17, 15) is 9.90 Å². The first-order valence-electron chi connectivity index (χ1n) is 8.49. The van der Waals surface area contributed by atoms with Crippen LogP contribution in [0.5, 0.6) is 0 Å². The van der Waals surface area contributed by atoms with Gasteiger partial charge in [-0.25, -0.2) is 14.8 Å². The normalized spacial score (nSPS) is 21.0. The molecule has 1 atom stereocenters. The highest BCUT2D eigenvalue weighted by Crippen LogP contribution is 2.24. The standard InChI is InChI=1S/C16H25N5O2S.ClH/c1-24-15-18-7-3-14(19-15)20-8-4-13(5-9-20)21(16(22)23)11-12-2-6-17-10-12;/h3,7,12-13,17H,2,4-6,8-11H2,1H3,(H,22,23);1H. The van der Waals surface area contributed by atoms with Gasteiger partial charge in [0.1, 0.15) is 5.82 Å². The van der Waals surface area contributed by atoms with Crippen molar-refractivity contribution in [2.24, 2.45) is 5.92 Å². The van der Waals surface area contributed by atoms with Crippen LogP contribution in [0.4, 0.5) is 10.6 Å². The smallest absolute Gasteiger partial charge is 0.407 e. The average molecular weight is 388 g/mol. The first-order chi connectivity index (χ1) is 11.7. The lowest BCUT2D eigenvalue weighted by molar-refractivity contribution is 0.107. The molecule has 0 spiro atoms. The van der Waals surface area contributed by atoms with Crippen LogP contribution in [0.15, 0.2) is 17.4 Å². The van der Waals surface area contributed by atoms with E-state index in [0.717, 1.165) is 56.4 Å². The third-order valence-corrected chi connectivity index (χ3v) is 5.46. The highest BCUT2D eigenvalue weighted by molar-refractivity contribution is 7.98. The molecule has 2 fully saturated rings. The summed E-state index contributed by atoms with van der Waals surface area (Å²) < 4.78 is 0. The number of aromatic nitrogens is 2. The number of amides is 1. The summed E-state index contributed by atoms with van der Waals surface area (Å²) in [5.41, 5.74) is 0. The maximum absolute atomic E-state index is 11.7. The summed E-state index contributed by atoms with van der Waals surface area (Å²) in [6.45, 7) is 4.25. The molecule has 7 nitrogen and oxygen atoms in total. The summed E-state index contributed by atoms with van der Waals surface area (Å²) in [5, 5.41) is 13.7. The fraction of sp³-hybridized carbons (Fsp3) is 0.688. The van der Waals surface area contributed by atoms with Crippen LogP contribution >= 0.6 is 24.2 Å². The van der Waals surface area contributed by atoms with E-state index in [-0.39, 0.29) is 18.4 Å². The summed E-state index contributed by atoms with van der Waals surface area (Å²) in [6.07, 6.45) is 5.74. The first-order valence-corrected chi connectivity index (χ1v) is 9.72. The molecule has 0 aromatic carbocycles. The van der Waals surface area contributed by atoms with Gasteiger partial charge in [-0.2, -0.15) is 0 Å². The van der Waals surface area contributed by atoms with Crippen molar-refractivity contribution in [1.82, 2.24) is 20.2 Å². The van der Waals surface area contributed by atoms with Crippen LogP contribution in [0.1, 0.15) is 19.3 Å². The van der Waals surface area contributed by atoms with Gasteiger partial charge in [-0.1, -0.05) is 11.8 Å². The van der Waals surface area contributed by atoms with Crippen LogP contribution in [-0.2, 0) is 0 Å². The van der Waals surface area contributed by atoms with E-state index in [2.05, 4.69) is 20.2 Å². The molecular formula is C16H26ClN5O2S. The van der Waals surface area contributed by atoms with E-state index in [1.54, 1.807) is 11.1 Å². The maximum Gasteiger partial charge on any atom is 0.407 e. The predicted octanol–water partition coefficient (Wildman–Crippen LogP) is 2.18. The molecular weight excluding hydrogens is 362 g/mol. The number of halogens is 1. The van der Waals surface area contributed by atoms with Gasteiger partial charge >= 0.3 is 6.09 Å². The molecule has 1 unspecified atom stereocenters. The zero-order valence-electron chi connectivity index (χ0n) is 14.4. The topological polar surface area (TPSA) is 81.6 Å². The zero-order chi connectivity index (χ0) is 16.9. The summed E-state index contributed by atoms with van der Waals surface area (Å²) in [4.78, 5) is 24.3. The minimum Gasteiger partial charge on any atom is -0.465 e. The van der Waals surface area contributed by atoms with E-state index >= 15 is 0 Å². The van der Waals surface area contributed by atoms with Crippen molar-refractivity contribution >= 4 is 36.1 Å². The highest BCUT2D eigenvalue weighted by atomic mass is 35.5. The van der Waals surface area contributed by atoms with Crippen LogP contribution in [-0.4, -0.2) is 71.1 Å². The number of thioether (sulfide) groups is 1. The largest absolute Gasteiger partial charge is 0.465 e. The van der Waals surface area contributed by atoms with E-state index < -0.39 is 6.09 Å². The molecule has 2 aliphatic rings. The number of nitrogens with one attached hydrogen (secondary N) is 1. The fourth-order valence-electron chi connectivity index (χ4n) is 3.54. The summed E-state index contributed by atoms with van der Waals surface area (Å²) in [7, 11) is 0. The Balaban J connectivity index is 0.00000225. The van der Waals surface area contributed by atoms with Gasteiger partial charge in [-0.3, -0.25) is 0 Å². The summed E-state index contributed by atoms with van der Waals surface area (Å²) in [6, 6.07) is 2.04. The van der Waals surface area contributed by atoms with Crippen molar-refractivity contribution < 1.29 is 9.90 Å². The van der Waals surface area contributed by atoms with Crippen molar-refractivity contribution in [2.45, 2.75) is 30.5 Å². The van der Waals surface area contributed by atoms with E-state index in [1.807, 2.05) is 12.3 Å². The number of anilines is 1. The molecule has 9 heteroatoms. The quantitative estimate of drug-likeness (QED) is 0.591. The zero-order valence-corrected chi connectivity index (χ0v) is 16.1. The van der Waals surface area contributed by atoms with Gasteiger partial charge in [0.15, 0.2) is 5.16 Å². The number of carbonyl (C=O) groups is 1. The average Bonchev–Trinajstić information content (AvgIpc) is 3.13. The van der Waals surface area contributed by atoms with Gasteiger partial charge in [0.2, 0.25) is 0 Å². The molecule has 0 bridgehead atoms. The van der Waals surface area contributed by atoms with Gasteiger partial charge < -0.3 is 20.2 Å². The Labute approximate surface area is 159 Å². The van der Waals surface area contributed by atoms with Gasteiger partial charge in [0.05, 0.1) is 0 Å². The molecule has 1 aromatic heterocycles. The van der Waals surface area contributed by atoms with Crippen LogP contribution in [0.25, 0.3) is 0 Å². The molecule has 25 heavy (non-hydrogen) atoms. The molecule has 140 valence electrons. The van der Waals surface area contributed by atoms with Gasteiger partial charge in [0.25, 0.3) is 0 Å². The molecule has 2 aliphatic heterocycles. The minimum atomic E-state index is -0.785. The number of piperidine rings is 1. The number of hydrogen-bond donors (Lipinski definition) is 2. The Morgan fingerprint density at radius 3 is 2.80 bits per heavy atom. The number of rotatable bonds is 5. The lowest BCUT2D eigenvalue weighted by atomic mass is 10.0. The fourth-order valence-corrected chi connectivity index (χ4v) is 3.90. The predicted molar refractivity (Wildman–Crippen MR) is 102 cm³/mol. The van der Waals surface area contributed by atoms with Crippen molar-refractivity contribution in [1.29, 1.82) is 0 Å². The van der Waals surface area contributed by atoms with Gasteiger partial charge in [0, 0.05) is 31.9 Å². The van der Waals surface area contributed by atoms with E-state index in [4.69, 9.17) is 0 Å². The third-order valence-electron chi connectivity index (χ3n) is 4.89. The van der Waals surface area contributed by atoms with Crippen molar-refractivity contribution in [3.05, 3.63) is 12.3 Å². The van der Waals surface area contributed by atoms with Crippen molar-refractivity contribution in [2.75, 3.05) is 43.9 Å². The molecule has 0 aliphatic carbocycles. The molecule has 1 aromatic rings. The lowest BCUT2D eigenvalue weighted by Gasteiger charge is -2.38. The van der Waals surface area contributed by atoms with E-state index in [1.165, 1.54) is 11.8 Å². The number of nitrogens with zero attached hydrogens (tertiary/aromatic N) is 4. The van der Waals surface area contributed by atoms with Crippen LogP contribution in [0.3, 0.4) is 0 Å². The molecule has 1 amide bonds. The molecule has 0 radical (unpaired) electrons. The van der Waals surface area contributed by atoms with E-state index in [0.29, 0.717) is 12.5 Å². The van der Waals surface area contributed by atoms with Crippen LogP contribution in [0.2, 0.25) is 0 Å². The third kappa shape index (κ3) is 5.12. The number of carboxylic acid groups (broad SMARTS) is 1. The Bertz CT molecular complexity index is 565. The Morgan fingerprint density at radius 2 is 2.20 bits per heavy atom. The van der Waals surface area contributed by atoms with Gasteiger partial charge in [-0.05, 0) is 50.6 Å². The molecule has 3 rings (SSSR count). The minimum absolute atomic E-state index is 0. The molecule has 2 N–H and O–H groups in total. The second kappa shape index (κ2) is 9.45. The Hall–Kier alpha value is -1.25. The molecule has 3 heterocycles. The van der Waals surface area contributed by atoms with Crippen LogP contribution < -0.4 is 10.2 Å². The number of hydrogen-bond acceptors (Lipinski definition) is 6. The van der Waals surface area contributed by atoms with Crippen molar-refractivity contribution in [3.8, 4) is 0 Å². The molecule has 0 saturated carbocycles.